The average molecular weight is 532 g/mol. The van der Waals surface area contributed by atoms with E-state index in [9.17, 15) is 13.2 Å². The summed E-state index contributed by atoms with van der Waals surface area (Å²) >= 11 is 6.19. The third kappa shape index (κ3) is 5.47. The summed E-state index contributed by atoms with van der Waals surface area (Å²) < 4.78 is 33.7. The summed E-state index contributed by atoms with van der Waals surface area (Å²) in [6.07, 6.45) is 2.70. The minimum Gasteiger partial charge on any atom is -0.399 e. The van der Waals surface area contributed by atoms with Crippen LogP contribution in [-0.4, -0.2) is 54.5 Å². The van der Waals surface area contributed by atoms with Crippen molar-refractivity contribution in [3.05, 3.63) is 77.3 Å². The Balaban J connectivity index is 1.80. The van der Waals surface area contributed by atoms with E-state index in [1.54, 1.807) is 31.3 Å². The Hall–Kier alpha value is -2.39. The number of nitrogens with zero attached hydrogens (tertiary/aromatic N) is 2. The Labute approximate surface area is 218 Å². The summed E-state index contributed by atoms with van der Waals surface area (Å²) in [7, 11) is -1.79. The quantitative estimate of drug-likeness (QED) is 0.354. The molecule has 0 unspecified atom stereocenters. The second-order valence-electron chi connectivity index (χ2n) is 9.57. The van der Waals surface area contributed by atoms with Crippen LogP contribution in [0.2, 0.25) is 5.02 Å². The molecule has 1 amide bonds. The highest BCUT2D eigenvalue weighted by Crippen LogP contribution is 2.45. The van der Waals surface area contributed by atoms with Crippen LogP contribution in [0, 0.1) is 0 Å². The maximum Gasteiger partial charge on any atom is 0.252 e. The lowest BCUT2D eigenvalue weighted by Gasteiger charge is -2.48. The fourth-order valence-corrected chi connectivity index (χ4v) is 6.65. The summed E-state index contributed by atoms with van der Waals surface area (Å²) in [6.45, 7) is 5.99. The number of morpholine rings is 1. The predicted octanol–water partition coefficient (Wildman–Crippen LogP) is 4.71. The van der Waals surface area contributed by atoms with E-state index < -0.39 is 28.3 Å². The van der Waals surface area contributed by atoms with Gasteiger partial charge in [0.05, 0.1) is 11.3 Å². The van der Waals surface area contributed by atoms with E-state index in [1.807, 2.05) is 42.2 Å². The van der Waals surface area contributed by atoms with Crippen molar-refractivity contribution in [3.63, 3.8) is 0 Å². The Morgan fingerprint density at radius 3 is 2.50 bits per heavy atom. The van der Waals surface area contributed by atoms with Crippen LogP contribution in [0.25, 0.3) is 0 Å². The van der Waals surface area contributed by atoms with Crippen LogP contribution in [-0.2, 0) is 19.6 Å². The fraction of sp³-hybridized carbons (Fsp3) is 0.444. The molecule has 2 N–H and O–H groups in total. The Kier molecular flexibility index (Phi) is 8.09. The molecule has 2 aromatic carbocycles. The molecule has 2 fully saturated rings. The molecule has 36 heavy (non-hydrogen) atoms. The number of benzene rings is 2. The van der Waals surface area contributed by atoms with Crippen LogP contribution in [0.1, 0.15) is 55.9 Å². The van der Waals surface area contributed by atoms with Crippen molar-refractivity contribution in [2.45, 2.75) is 62.1 Å². The molecule has 1 saturated carbocycles. The van der Waals surface area contributed by atoms with Gasteiger partial charge in [0.25, 0.3) is 5.91 Å². The van der Waals surface area contributed by atoms with Crippen molar-refractivity contribution in [2.75, 3.05) is 19.3 Å². The van der Waals surface area contributed by atoms with Crippen molar-refractivity contribution in [1.29, 1.82) is 0 Å². The number of hydrogen-bond acceptors (Lipinski definition) is 5. The highest BCUT2D eigenvalue weighted by Gasteiger charge is 2.47. The minimum atomic E-state index is -3.40. The number of carbonyl (C=O) groups excluding carboxylic acids is 1. The zero-order valence-corrected chi connectivity index (χ0v) is 22.3. The van der Waals surface area contributed by atoms with Crippen LogP contribution in [0.3, 0.4) is 0 Å². The van der Waals surface area contributed by atoms with Crippen LogP contribution in [0.15, 0.2) is 61.2 Å². The van der Waals surface area contributed by atoms with Gasteiger partial charge in [0, 0.05) is 36.8 Å². The Bertz CT molecular complexity index is 1200. The highest BCUT2D eigenvalue weighted by atomic mass is 35.5. The second kappa shape index (κ2) is 10.9. The molecule has 2 aromatic rings. The molecule has 1 saturated heterocycles. The lowest BCUT2D eigenvalue weighted by atomic mass is 9.89. The lowest BCUT2D eigenvalue weighted by Crippen LogP contribution is -2.57. The zero-order chi connectivity index (χ0) is 26.0. The smallest absolute Gasteiger partial charge is 0.252 e. The molecule has 194 valence electrons. The molecule has 0 radical (unpaired) electrons. The number of likely N-dealkylation sites (N-methyl/N-ethyl adjacent to an activating group) is 1. The molecule has 1 aliphatic heterocycles. The lowest BCUT2D eigenvalue weighted by molar-refractivity contribution is -0.179. The Morgan fingerprint density at radius 2 is 1.92 bits per heavy atom. The SMILES string of the molecule is C=CC[C@@H]1O[C@H](c2cccc(N)c2)[C@@H](c2ccc(Cl)cc2)N([C@@H](CC)CN(C)S(=O)(=O)C2CC2)C1=O. The maximum atomic E-state index is 13.9. The summed E-state index contributed by atoms with van der Waals surface area (Å²) in [5, 5.41) is 0.265. The molecule has 0 bridgehead atoms. The van der Waals surface area contributed by atoms with E-state index in [0.29, 0.717) is 36.4 Å². The molecular formula is C27H34ClN3O4S. The Morgan fingerprint density at radius 1 is 1.22 bits per heavy atom. The first-order valence-corrected chi connectivity index (χ1v) is 14.2. The largest absolute Gasteiger partial charge is 0.399 e. The van der Waals surface area contributed by atoms with Gasteiger partial charge in [-0.2, -0.15) is 0 Å². The molecule has 0 spiro atoms. The van der Waals surface area contributed by atoms with E-state index in [0.717, 1.165) is 11.1 Å². The first-order chi connectivity index (χ1) is 17.2. The van der Waals surface area contributed by atoms with Gasteiger partial charge in [-0.15, -0.1) is 6.58 Å². The topological polar surface area (TPSA) is 92.9 Å². The second-order valence-corrected chi connectivity index (χ2v) is 12.3. The van der Waals surface area contributed by atoms with Crippen LogP contribution in [0.4, 0.5) is 5.69 Å². The number of carbonyl (C=O) groups is 1. The monoisotopic (exact) mass is 531 g/mol. The fourth-order valence-electron chi connectivity index (χ4n) is 4.90. The predicted molar refractivity (Wildman–Crippen MR) is 143 cm³/mol. The molecule has 1 aliphatic carbocycles. The molecule has 1 heterocycles. The summed E-state index contributed by atoms with van der Waals surface area (Å²) in [6, 6.07) is 14.0. The van der Waals surface area contributed by atoms with Crippen molar-refractivity contribution >= 4 is 33.2 Å². The standard InChI is InChI=1S/C27H34ClN3O4S/c1-4-7-24-27(32)31(22(5-2)17-30(3)36(33,34)23-14-15-23)25(18-10-12-20(28)13-11-18)26(35-24)19-8-6-9-21(29)16-19/h4,6,8-13,16,22-26H,1,5,7,14-15,17,29H2,2-3H3/t22-,24-,25+,26+/m0/s1. The van der Waals surface area contributed by atoms with Gasteiger partial charge in [0.15, 0.2) is 0 Å². The third-order valence-electron chi connectivity index (χ3n) is 6.97. The molecule has 9 heteroatoms. The molecule has 4 atom stereocenters. The zero-order valence-electron chi connectivity index (χ0n) is 20.7. The first-order valence-electron chi connectivity index (χ1n) is 12.3. The summed E-state index contributed by atoms with van der Waals surface area (Å²) in [5.41, 5.74) is 8.40. The van der Waals surface area contributed by atoms with Gasteiger partial charge >= 0.3 is 0 Å². The van der Waals surface area contributed by atoms with Crippen molar-refractivity contribution in [2.24, 2.45) is 0 Å². The number of rotatable bonds is 10. The van der Waals surface area contributed by atoms with Gasteiger partial charge in [-0.1, -0.05) is 48.9 Å². The number of sulfonamides is 1. The number of amides is 1. The normalized spacial score (nSPS) is 23.6. The highest BCUT2D eigenvalue weighted by molar-refractivity contribution is 7.90. The molecule has 0 aromatic heterocycles. The van der Waals surface area contributed by atoms with Gasteiger partial charge in [-0.05, 0) is 54.7 Å². The van der Waals surface area contributed by atoms with Crippen LogP contribution >= 0.6 is 11.6 Å². The van der Waals surface area contributed by atoms with E-state index in [1.165, 1.54) is 4.31 Å². The van der Waals surface area contributed by atoms with E-state index in [-0.39, 0.29) is 23.7 Å². The number of nitrogen functional groups attached to an aromatic ring is 1. The first kappa shape index (κ1) is 26.7. The van der Waals surface area contributed by atoms with Crippen molar-refractivity contribution in [1.82, 2.24) is 9.21 Å². The van der Waals surface area contributed by atoms with Crippen LogP contribution < -0.4 is 5.73 Å². The van der Waals surface area contributed by atoms with Gasteiger partial charge in [-0.3, -0.25) is 4.79 Å². The molecular weight excluding hydrogens is 498 g/mol. The van der Waals surface area contributed by atoms with Crippen LogP contribution in [0.5, 0.6) is 0 Å². The van der Waals surface area contributed by atoms with E-state index in [4.69, 9.17) is 22.1 Å². The van der Waals surface area contributed by atoms with Crippen molar-refractivity contribution in [3.8, 4) is 0 Å². The van der Waals surface area contributed by atoms with Gasteiger partial charge in [0.1, 0.15) is 12.2 Å². The summed E-state index contributed by atoms with van der Waals surface area (Å²) in [4.78, 5) is 15.7. The van der Waals surface area contributed by atoms with Gasteiger partial charge in [0.2, 0.25) is 10.0 Å². The number of ether oxygens (including phenoxy) is 1. The molecule has 4 rings (SSSR count). The van der Waals surface area contributed by atoms with E-state index >= 15 is 0 Å². The number of halogens is 1. The minimum absolute atomic E-state index is 0.181. The third-order valence-corrected chi connectivity index (χ3v) is 9.56. The molecule has 7 nitrogen and oxygen atoms in total. The number of anilines is 1. The maximum absolute atomic E-state index is 13.9. The van der Waals surface area contributed by atoms with Gasteiger partial charge in [-0.25, -0.2) is 12.7 Å². The molecule has 2 aliphatic rings. The summed E-state index contributed by atoms with van der Waals surface area (Å²) in [5.74, 6) is -0.181. The van der Waals surface area contributed by atoms with E-state index in [2.05, 4.69) is 6.58 Å². The average Bonchev–Trinajstić information content (AvgIpc) is 3.70. The van der Waals surface area contributed by atoms with Crippen molar-refractivity contribution < 1.29 is 17.9 Å². The van der Waals surface area contributed by atoms with Gasteiger partial charge < -0.3 is 15.4 Å². The number of nitrogens with two attached hydrogens (primary N) is 1. The number of hydrogen-bond donors (Lipinski definition) is 1.